The van der Waals surface area contributed by atoms with Crippen LogP contribution in [0.4, 0.5) is 5.69 Å². The average molecular weight is 189 g/mol. The van der Waals surface area contributed by atoms with Crippen LogP contribution < -0.4 is 5.32 Å². The highest BCUT2D eigenvalue weighted by Gasteiger charge is 2.41. The van der Waals surface area contributed by atoms with E-state index in [1.54, 1.807) is 6.07 Å². The summed E-state index contributed by atoms with van der Waals surface area (Å²) in [6.45, 7) is 1.01. The summed E-state index contributed by atoms with van der Waals surface area (Å²) in [5, 5.41) is 13.1. The van der Waals surface area contributed by atoms with Crippen molar-refractivity contribution in [2.75, 3.05) is 11.9 Å². The molecule has 1 aliphatic heterocycles. The van der Waals surface area contributed by atoms with E-state index in [4.69, 9.17) is 0 Å². The lowest BCUT2D eigenvalue weighted by atomic mass is 9.81. The second kappa shape index (κ2) is 2.66. The fraction of sp³-hybridized carbons (Fsp3) is 0.500. The lowest BCUT2D eigenvalue weighted by Crippen LogP contribution is -2.23. The van der Waals surface area contributed by atoms with E-state index in [2.05, 4.69) is 11.4 Å². The number of nitrogens with one attached hydrogen (secondary N) is 1. The molecule has 1 aromatic carbocycles. The molecule has 0 radical (unpaired) electrons. The Morgan fingerprint density at radius 3 is 2.79 bits per heavy atom. The second-order valence-corrected chi connectivity index (χ2v) is 4.54. The van der Waals surface area contributed by atoms with Crippen LogP contribution in [0.2, 0.25) is 0 Å². The standard InChI is InChI=1S/C12H15NO/c14-10-5-3-4-9-11(10)13-8-12(9)6-1-2-7-12/h3-5,13-14H,1-2,6-8H2. The van der Waals surface area contributed by atoms with Gasteiger partial charge in [-0.3, -0.25) is 0 Å². The lowest BCUT2D eigenvalue weighted by Gasteiger charge is -2.22. The third-order valence-electron chi connectivity index (χ3n) is 3.78. The van der Waals surface area contributed by atoms with E-state index in [0.29, 0.717) is 11.2 Å². The van der Waals surface area contributed by atoms with Gasteiger partial charge in [0.2, 0.25) is 0 Å². The molecule has 2 aliphatic rings. The number of phenolic OH excluding ortho intramolecular Hbond substituents is 1. The number of para-hydroxylation sites is 1. The monoisotopic (exact) mass is 189 g/mol. The van der Waals surface area contributed by atoms with E-state index in [0.717, 1.165) is 12.2 Å². The molecule has 0 saturated heterocycles. The minimum absolute atomic E-state index is 0.341. The third-order valence-corrected chi connectivity index (χ3v) is 3.78. The van der Waals surface area contributed by atoms with Crippen LogP contribution in [0.5, 0.6) is 5.75 Å². The molecule has 0 aromatic heterocycles. The molecule has 1 fully saturated rings. The Hall–Kier alpha value is -1.18. The van der Waals surface area contributed by atoms with Crippen LogP contribution in [0.15, 0.2) is 18.2 Å². The number of benzene rings is 1. The van der Waals surface area contributed by atoms with Gasteiger partial charge in [-0.25, -0.2) is 0 Å². The first kappa shape index (κ1) is 8.16. The van der Waals surface area contributed by atoms with Gasteiger partial charge >= 0.3 is 0 Å². The largest absolute Gasteiger partial charge is 0.506 e. The van der Waals surface area contributed by atoms with Crippen molar-refractivity contribution in [3.8, 4) is 5.75 Å². The fourth-order valence-electron chi connectivity index (χ4n) is 3.02. The maximum Gasteiger partial charge on any atom is 0.138 e. The Morgan fingerprint density at radius 1 is 1.21 bits per heavy atom. The molecule has 3 rings (SSSR count). The zero-order chi connectivity index (χ0) is 9.60. The molecule has 0 unspecified atom stereocenters. The summed E-state index contributed by atoms with van der Waals surface area (Å²) in [6, 6.07) is 5.89. The highest BCUT2D eigenvalue weighted by Crippen LogP contribution is 2.50. The molecule has 0 atom stereocenters. The molecule has 74 valence electrons. The van der Waals surface area contributed by atoms with Gasteiger partial charge in [-0.05, 0) is 24.5 Å². The van der Waals surface area contributed by atoms with Crippen LogP contribution in [0.3, 0.4) is 0 Å². The number of aromatic hydroxyl groups is 1. The van der Waals surface area contributed by atoms with Crippen LogP contribution in [-0.2, 0) is 5.41 Å². The maximum absolute atomic E-state index is 9.71. The molecule has 1 spiro atoms. The van der Waals surface area contributed by atoms with Crippen molar-refractivity contribution in [1.82, 2.24) is 0 Å². The van der Waals surface area contributed by atoms with Gasteiger partial charge in [-0.15, -0.1) is 0 Å². The first-order valence-electron chi connectivity index (χ1n) is 5.38. The van der Waals surface area contributed by atoms with Gasteiger partial charge in [-0.2, -0.15) is 0 Å². The minimum Gasteiger partial charge on any atom is -0.506 e. The normalized spacial score (nSPS) is 22.3. The molecule has 1 aliphatic carbocycles. The second-order valence-electron chi connectivity index (χ2n) is 4.54. The van der Waals surface area contributed by atoms with E-state index in [1.165, 1.54) is 31.2 Å². The summed E-state index contributed by atoms with van der Waals surface area (Å²) in [6.07, 6.45) is 5.21. The SMILES string of the molecule is Oc1cccc2c1NCC21CCCC1. The zero-order valence-electron chi connectivity index (χ0n) is 8.21. The predicted molar refractivity (Wildman–Crippen MR) is 56.7 cm³/mol. The van der Waals surface area contributed by atoms with Crippen molar-refractivity contribution >= 4 is 5.69 Å². The van der Waals surface area contributed by atoms with Gasteiger partial charge in [0.25, 0.3) is 0 Å². The Morgan fingerprint density at radius 2 is 2.00 bits per heavy atom. The maximum atomic E-state index is 9.71. The van der Waals surface area contributed by atoms with Gasteiger partial charge in [0.05, 0.1) is 5.69 Å². The summed E-state index contributed by atoms with van der Waals surface area (Å²) in [4.78, 5) is 0. The molecule has 14 heavy (non-hydrogen) atoms. The smallest absolute Gasteiger partial charge is 0.138 e. The minimum atomic E-state index is 0.341. The van der Waals surface area contributed by atoms with Crippen molar-refractivity contribution < 1.29 is 5.11 Å². The zero-order valence-corrected chi connectivity index (χ0v) is 8.21. The molecule has 1 aromatic rings. The summed E-state index contributed by atoms with van der Waals surface area (Å²) in [5.41, 5.74) is 2.66. The first-order chi connectivity index (χ1) is 6.82. The van der Waals surface area contributed by atoms with Gasteiger partial charge in [-0.1, -0.05) is 25.0 Å². The van der Waals surface area contributed by atoms with Crippen molar-refractivity contribution in [3.63, 3.8) is 0 Å². The number of fused-ring (bicyclic) bond motifs is 2. The van der Waals surface area contributed by atoms with E-state index in [9.17, 15) is 5.11 Å². The summed E-state index contributed by atoms with van der Waals surface area (Å²) in [7, 11) is 0. The molecule has 2 heteroatoms. The van der Waals surface area contributed by atoms with Crippen molar-refractivity contribution in [2.45, 2.75) is 31.1 Å². The predicted octanol–water partition coefficient (Wildman–Crippen LogP) is 2.63. The third kappa shape index (κ3) is 0.912. The highest BCUT2D eigenvalue weighted by atomic mass is 16.3. The number of anilines is 1. The Balaban J connectivity index is 2.14. The van der Waals surface area contributed by atoms with Crippen LogP contribution in [0.1, 0.15) is 31.2 Å². The van der Waals surface area contributed by atoms with E-state index < -0.39 is 0 Å². The van der Waals surface area contributed by atoms with Crippen LogP contribution >= 0.6 is 0 Å². The molecular weight excluding hydrogens is 174 g/mol. The van der Waals surface area contributed by atoms with Gasteiger partial charge < -0.3 is 10.4 Å². The van der Waals surface area contributed by atoms with Gasteiger partial charge in [0.15, 0.2) is 0 Å². The van der Waals surface area contributed by atoms with Crippen molar-refractivity contribution in [1.29, 1.82) is 0 Å². The number of rotatable bonds is 0. The number of hydrogen-bond donors (Lipinski definition) is 2. The Kier molecular flexibility index (Phi) is 1.55. The van der Waals surface area contributed by atoms with Crippen LogP contribution in [0.25, 0.3) is 0 Å². The summed E-state index contributed by atoms with van der Waals surface area (Å²) < 4.78 is 0. The molecule has 0 bridgehead atoms. The van der Waals surface area contributed by atoms with Gasteiger partial charge in [0.1, 0.15) is 5.75 Å². The first-order valence-corrected chi connectivity index (χ1v) is 5.38. The van der Waals surface area contributed by atoms with E-state index in [-0.39, 0.29) is 0 Å². The Bertz CT molecular complexity index is 367. The summed E-state index contributed by atoms with van der Waals surface area (Å²) in [5.74, 6) is 0.409. The average Bonchev–Trinajstić information content (AvgIpc) is 2.78. The number of phenols is 1. The molecule has 2 nitrogen and oxygen atoms in total. The molecule has 0 amide bonds. The Labute approximate surface area is 84.0 Å². The van der Waals surface area contributed by atoms with Crippen molar-refractivity contribution in [2.24, 2.45) is 0 Å². The lowest BCUT2D eigenvalue weighted by molar-refractivity contribution is 0.474. The quantitative estimate of drug-likeness (QED) is 0.615. The van der Waals surface area contributed by atoms with Crippen LogP contribution in [-0.4, -0.2) is 11.7 Å². The highest BCUT2D eigenvalue weighted by molar-refractivity contribution is 5.68. The van der Waals surface area contributed by atoms with Crippen LogP contribution in [0, 0.1) is 0 Å². The molecule has 1 heterocycles. The topological polar surface area (TPSA) is 32.3 Å². The van der Waals surface area contributed by atoms with E-state index >= 15 is 0 Å². The number of hydrogen-bond acceptors (Lipinski definition) is 2. The molecule has 1 saturated carbocycles. The van der Waals surface area contributed by atoms with E-state index in [1.807, 2.05) is 6.07 Å². The molecular formula is C12H15NO. The molecule has 2 N–H and O–H groups in total. The summed E-state index contributed by atoms with van der Waals surface area (Å²) >= 11 is 0. The van der Waals surface area contributed by atoms with Gasteiger partial charge in [0, 0.05) is 12.0 Å². The van der Waals surface area contributed by atoms with Crippen molar-refractivity contribution in [3.05, 3.63) is 23.8 Å². The fourth-order valence-corrected chi connectivity index (χ4v) is 3.02.